The molecule has 0 aliphatic carbocycles. The highest BCUT2D eigenvalue weighted by Gasteiger charge is 2.14. The smallest absolute Gasteiger partial charge is 0.0660 e. The first kappa shape index (κ1) is 14.2. The van der Waals surface area contributed by atoms with E-state index < -0.39 is 0 Å². The highest BCUT2D eigenvalue weighted by atomic mass is 35.5. The first-order valence-corrected chi connectivity index (χ1v) is 7.46. The van der Waals surface area contributed by atoms with Gasteiger partial charge >= 0.3 is 0 Å². The number of morpholine rings is 1. The van der Waals surface area contributed by atoms with Crippen molar-refractivity contribution < 1.29 is 4.74 Å². The first-order valence-electron chi connectivity index (χ1n) is 7.08. The summed E-state index contributed by atoms with van der Waals surface area (Å²) in [6.07, 6.45) is 3.59. The molecular weight excluding hydrogens is 286 g/mol. The Morgan fingerprint density at radius 3 is 2.62 bits per heavy atom. The van der Waals surface area contributed by atoms with Crippen LogP contribution in [0.3, 0.4) is 0 Å². The van der Waals surface area contributed by atoms with Crippen LogP contribution in [0.25, 0.3) is 0 Å². The van der Waals surface area contributed by atoms with Gasteiger partial charge in [0, 0.05) is 37.7 Å². The van der Waals surface area contributed by atoms with Crippen LogP contribution >= 0.6 is 11.6 Å². The summed E-state index contributed by atoms with van der Waals surface area (Å²) >= 11 is 6.41. The summed E-state index contributed by atoms with van der Waals surface area (Å²) in [5.74, 6) is 0. The molecular formula is C16H18ClN3O. The van der Waals surface area contributed by atoms with Gasteiger partial charge in [-0.2, -0.15) is 0 Å². The van der Waals surface area contributed by atoms with E-state index in [1.165, 1.54) is 5.56 Å². The molecule has 1 aliphatic heterocycles. The fourth-order valence-electron chi connectivity index (χ4n) is 2.38. The summed E-state index contributed by atoms with van der Waals surface area (Å²) in [6, 6.07) is 10.1. The van der Waals surface area contributed by atoms with Gasteiger partial charge in [-0.05, 0) is 35.9 Å². The highest BCUT2D eigenvalue weighted by Crippen LogP contribution is 2.29. The van der Waals surface area contributed by atoms with Crippen LogP contribution in [0.4, 0.5) is 11.4 Å². The number of pyridine rings is 1. The molecule has 3 rings (SSSR count). The van der Waals surface area contributed by atoms with Gasteiger partial charge in [0.1, 0.15) is 0 Å². The van der Waals surface area contributed by atoms with Crippen molar-refractivity contribution in [3.63, 3.8) is 0 Å². The molecule has 5 heteroatoms. The predicted octanol–water partition coefficient (Wildman–Crippen LogP) is 3.18. The number of hydrogen-bond acceptors (Lipinski definition) is 4. The predicted molar refractivity (Wildman–Crippen MR) is 86.0 cm³/mol. The number of nitrogens with zero attached hydrogens (tertiary/aromatic N) is 2. The molecule has 0 amide bonds. The molecule has 1 N–H and O–H groups in total. The molecule has 1 aromatic carbocycles. The van der Waals surface area contributed by atoms with E-state index in [4.69, 9.17) is 16.3 Å². The molecule has 0 bridgehead atoms. The van der Waals surface area contributed by atoms with E-state index in [1.54, 1.807) is 12.4 Å². The largest absolute Gasteiger partial charge is 0.381 e. The van der Waals surface area contributed by atoms with Crippen LogP contribution in [-0.4, -0.2) is 31.3 Å². The van der Waals surface area contributed by atoms with Crippen molar-refractivity contribution in [3.05, 3.63) is 53.3 Å². The topological polar surface area (TPSA) is 37.4 Å². The molecule has 1 saturated heterocycles. The monoisotopic (exact) mass is 303 g/mol. The minimum atomic E-state index is 0.760. The Hall–Kier alpha value is -1.78. The zero-order chi connectivity index (χ0) is 14.5. The molecule has 4 nitrogen and oxygen atoms in total. The van der Waals surface area contributed by atoms with Gasteiger partial charge in [-0.25, -0.2) is 0 Å². The molecule has 1 aliphatic rings. The van der Waals surface area contributed by atoms with Gasteiger partial charge in [-0.15, -0.1) is 0 Å². The minimum absolute atomic E-state index is 0.760. The van der Waals surface area contributed by atoms with E-state index in [1.807, 2.05) is 18.2 Å². The van der Waals surface area contributed by atoms with E-state index in [0.29, 0.717) is 0 Å². The average molecular weight is 304 g/mol. The van der Waals surface area contributed by atoms with Crippen LogP contribution in [0.15, 0.2) is 42.7 Å². The van der Waals surface area contributed by atoms with Crippen molar-refractivity contribution in [1.82, 2.24) is 4.98 Å². The van der Waals surface area contributed by atoms with Crippen molar-refractivity contribution >= 4 is 23.0 Å². The summed E-state index contributed by atoms with van der Waals surface area (Å²) < 4.78 is 5.37. The molecule has 21 heavy (non-hydrogen) atoms. The Labute approximate surface area is 129 Å². The SMILES string of the molecule is Clc1cc(NCc2ccncc2)ccc1N1CCOCC1. The van der Waals surface area contributed by atoms with Crippen LogP contribution < -0.4 is 10.2 Å². The number of halogens is 1. The van der Waals surface area contributed by atoms with E-state index in [9.17, 15) is 0 Å². The molecule has 0 saturated carbocycles. The van der Waals surface area contributed by atoms with Crippen LogP contribution in [-0.2, 0) is 11.3 Å². The fraction of sp³-hybridized carbons (Fsp3) is 0.312. The molecule has 1 aromatic heterocycles. The van der Waals surface area contributed by atoms with E-state index in [-0.39, 0.29) is 0 Å². The zero-order valence-electron chi connectivity index (χ0n) is 11.8. The van der Waals surface area contributed by atoms with Crippen molar-refractivity contribution in [2.75, 3.05) is 36.5 Å². The fourth-order valence-corrected chi connectivity index (χ4v) is 2.68. The number of benzene rings is 1. The lowest BCUT2D eigenvalue weighted by Gasteiger charge is -2.29. The Balaban J connectivity index is 1.66. The summed E-state index contributed by atoms with van der Waals surface area (Å²) in [5.41, 5.74) is 3.29. The van der Waals surface area contributed by atoms with E-state index in [0.717, 1.165) is 49.2 Å². The van der Waals surface area contributed by atoms with Gasteiger partial charge in [-0.3, -0.25) is 4.98 Å². The molecule has 1 fully saturated rings. The summed E-state index contributed by atoms with van der Waals surface area (Å²) in [4.78, 5) is 6.28. The molecule has 0 spiro atoms. The van der Waals surface area contributed by atoms with Gasteiger partial charge < -0.3 is 15.0 Å². The van der Waals surface area contributed by atoms with Crippen molar-refractivity contribution in [3.8, 4) is 0 Å². The highest BCUT2D eigenvalue weighted by molar-refractivity contribution is 6.33. The maximum Gasteiger partial charge on any atom is 0.0660 e. The van der Waals surface area contributed by atoms with Crippen molar-refractivity contribution in [2.24, 2.45) is 0 Å². The van der Waals surface area contributed by atoms with Gasteiger partial charge in [0.25, 0.3) is 0 Å². The first-order chi connectivity index (χ1) is 10.3. The molecule has 0 atom stereocenters. The van der Waals surface area contributed by atoms with Crippen molar-refractivity contribution in [1.29, 1.82) is 0 Å². The third kappa shape index (κ3) is 3.65. The number of nitrogens with one attached hydrogen (secondary N) is 1. The number of hydrogen-bond donors (Lipinski definition) is 1. The number of anilines is 2. The van der Waals surface area contributed by atoms with Crippen molar-refractivity contribution in [2.45, 2.75) is 6.54 Å². The lowest BCUT2D eigenvalue weighted by atomic mass is 10.2. The Morgan fingerprint density at radius 2 is 1.90 bits per heavy atom. The molecule has 2 heterocycles. The average Bonchev–Trinajstić information content (AvgIpc) is 2.55. The Morgan fingerprint density at radius 1 is 1.14 bits per heavy atom. The number of aromatic nitrogens is 1. The Bertz CT molecular complexity index is 585. The second-order valence-electron chi connectivity index (χ2n) is 4.97. The lowest BCUT2D eigenvalue weighted by Crippen LogP contribution is -2.36. The Kier molecular flexibility index (Phi) is 4.58. The minimum Gasteiger partial charge on any atom is -0.381 e. The summed E-state index contributed by atoms with van der Waals surface area (Å²) in [7, 11) is 0. The molecule has 2 aromatic rings. The van der Waals surface area contributed by atoms with Crippen LogP contribution in [0, 0.1) is 0 Å². The van der Waals surface area contributed by atoms with E-state index in [2.05, 4.69) is 27.3 Å². The summed E-state index contributed by atoms with van der Waals surface area (Å²) in [6.45, 7) is 4.07. The number of ether oxygens (including phenoxy) is 1. The van der Waals surface area contributed by atoms with Gasteiger partial charge in [0.2, 0.25) is 0 Å². The summed E-state index contributed by atoms with van der Waals surface area (Å²) in [5, 5.41) is 4.15. The third-order valence-electron chi connectivity index (χ3n) is 3.55. The maximum absolute atomic E-state index is 6.41. The molecule has 110 valence electrons. The van der Waals surface area contributed by atoms with Gasteiger partial charge in [-0.1, -0.05) is 11.6 Å². The van der Waals surface area contributed by atoms with Crippen LogP contribution in [0.5, 0.6) is 0 Å². The second-order valence-corrected chi connectivity index (χ2v) is 5.38. The number of rotatable bonds is 4. The molecule has 0 radical (unpaired) electrons. The van der Waals surface area contributed by atoms with Gasteiger partial charge in [0.05, 0.1) is 23.9 Å². The normalized spacial score (nSPS) is 15.0. The third-order valence-corrected chi connectivity index (χ3v) is 3.85. The van der Waals surface area contributed by atoms with Crippen LogP contribution in [0.2, 0.25) is 5.02 Å². The van der Waals surface area contributed by atoms with Gasteiger partial charge in [0.15, 0.2) is 0 Å². The molecule has 0 unspecified atom stereocenters. The zero-order valence-corrected chi connectivity index (χ0v) is 12.5. The quantitative estimate of drug-likeness (QED) is 0.941. The standard InChI is InChI=1S/C16H18ClN3O/c17-15-11-14(19-12-13-3-5-18-6-4-13)1-2-16(15)20-7-9-21-10-8-20/h1-6,11,19H,7-10,12H2. The lowest BCUT2D eigenvalue weighted by molar-refractivity contribution is 0.122. The maximum atomic E-state index is 6.41. The van der Waals surface area contributed by atoms with Crippen LogP contribution in [0.1, 0.15) is 5.56 Å². The second kappa shape index (κ2) is 6.78. The van der Waals surface area contributed by atoms with E-state index >= 15 is 0 Å².